The standard InChI is InChI=1S/C20H24N2O2S/c1-4-14(2)16-10-6-7-11-17(16)21-20(25)22-19(23)13-24-18-12-8-5-9-15(18)3/h5-12,14H,4,13H2,1-3H3,(H2,21,22,23,25). The van der Waals surface area contributed by atoms with Crippen LogP contribution in [0.5, 0.6) is 5.75 Å². The van der Waals surface area contributed by atoms with Crippen LogP contribution < -0.4 is 15.4 Å². The van der Waals surface area contributed by atoms with Crippen LogP contribution >= 0.6 is 12.2 Å². The fourth-order valence-corrected chi connectivity index (χ4v) is 2.66. The molecule has 0 aliphatic rings. The van der Waals surface area contributed by atoms with E-state index in [0.717, 1.165) is 17.7 Å². The molecule has 0 aliphatic heterocycles. The number of benzene rings is 2. The van der Waals surface area contributed by atoms with Crippen LogP contribution in [0, 0.1) is 6.92 Å². The second-order valence-electron chi connectivity index (χ2n) is 5.95. The van der Waals surface area contributed by atoms with Crippen LogP contribution in [0.3, 0.4) is 0 Å². The smallest absolute Gasteiger partial charge is 0.264 e. The number of thiocarbonyl (C=S) groups is 1. The Morgan fingerprint density at radius 1 is 1.16 bits per heavy atom. The average molecular weight is 356 g/mol. The maximum Gasteiger partial charge on any atom is 0.264 e. The highest BCUT2D eigenvalue weighted by Gasteiger charge is 2.11. The van der Waals surface area contributed by atoms with Gasteiger partial charge in [0.2, 0.25) is 0 Å². The van der Waals surface area contributed by atoms with Crippen molar-refractivity contribution in [2.45, 2.75) is 33.1 Å². The summed E-state index contributed by atoms with van der Waals surface area (Å²) in [7, 11) is 0. The quantitative estimate of drug-likeness (QED) is 0.753. The molecule has 0 aromatic heterocycles. The van der Waals surface area contributed by atoms with Gasteiger partial charge >= 0.3 is 0 Å². The second kappa shape index (κ2) is 9.18. The number of hydrogen-bond donors (Lipinski definition) is 2. The molecule has 2 aromatic carbocycles. The van der Waals surface area contributed by atoms with Crippen LogP contribution in [0.25, 0.3) is 0 Å². The molecule has 1 amide bonds. The molecule has 25 heavy (non-hydrogen) atoms. The molecule has 0 heterocycles. The number of rotatable bonds is 6. The number of ether oxygens (including phenoxy) is 1. The van der Waals surface area contributed by atoms with Crippen molar-refractivity contribution < 1.29 is 9.53 Å². The molecule has 2 aromatic rings. The van der Waals surface area contributed by atoms with Crippen molar-refractivity contribution in [1.29, 1.82) is 0 Å². The monoisotopic (exact) mass is 356 g/mol. The zero-order valence-electron chi connectivity index (χ0n) is 14.8. The van der Waals surface area contributed by atoms with Crippen molar-refractivity contribution in [3.05, 3.63) is 59.7 Å². The van der Waals surface area contributed by atoms with E-state index in [9.17, 15) is 4.79 Å². The van der Waals surface area contributed by atoms with Crippen molar-refractivity contribution in [2.75, 3.05) is 11.9 Å². The van der Waals surface area contributed by atoms with Gasteiger partial charge in [-0.2, -0.15) is 0 Å². The van der Waals surface area contributed by atoms with E-state index in [1.54, 1.807) is 0 Å². The van der Waals surface area contributed by atoms with E-state index in [2.05, 4.69) is 30.5 Å². The van der Waals surface area contributed by atoms with Crippen LogP contribution in [0.1, 0.15) is 37.3 Å². The molecule has 0 bridgehead atoms. The molecule has 0 aliphatic carbocycles. The zero-order valence-corrected chi connectivity index (χ0v) is 15.7. The number of anilines is 1. The van der Waals surface area contributed by atoms with Gasteiger partial charge in [-0.25, -0.2) is 0 Å². The molecule has 0 radical (unpaired) electrons. The minimum absolute atomic E-state index is 0.0836. The number of amides is 1. The van der Waals surface area contributed by atoms with E-state index in [1.165, 1.54) is 5.56 Å². The minimum Gasteiger partial charge on any atom is -0.483 e. The third-order valence-corrected chi connectivity index (χ3v) is 4.26. The Morgan fingerprint density at radius 2 is 1.84 bits per heavy atom. The van der Waals surface area contributed by atoms with Crippen LogP contribution in [0.4, 0.5) is 5.69 Å². The van der Waals surface area contributed by atoms with Gasteiger partial charge in [0, 0.05) is 5.69 Å². The van der Waals surface area contributed by atoms with Crippen molar-refractivity contribution in [1.82, 2.24) is 5.32 Å². The van der Waals surface area contributed by atoms with Crippen molar-refractivity contribution >= 4 is 28.9 Å². The maximum atomic E-state index is 12.0. The zero-order chi connectivity index (χ0) is 18.2. The highest BCUT2D eigenvalue weighted by Crippen LogP contribution is 2.26. The van der Waals surface area contributed by atoms with E-state index in [-0.39, 0.29) is 17.6 Å². The second-order valence-corrected chi connectivity index (χ2v) is 6.36. The molecule has 2 rings (SSSR count). The van der Waals surface area contributed by atoms with Gasteiger partial charge in [-0.05, 0) is 54.7 Å². The third-order valence-electron chi connectivity index (χ3n) is 4.06. The fourth-order valence-electron chi connectivity index (χ4n) is 2.44. The van der Waals surface area contributed by atoms with Crippen LogP contribution in [-0.2, 0) is 4.79 Å². The van der Waals surface area contributed by atoms with Gasteiger partial charge in [-0.1, -0.05) is 50.2 Å². The van der Waals surface area contributed by atoms with Crippen LogP contribution in [0.15, 0.2) is 48.5 Å². The Morgan fingerprint density at radius 3 is 2.56 bits per heavy atom. The molecular weight excluding hydrogens is 332 g/mol. The number of carbonyl (C=O) groups is 1. The first-order valence-electron chi connectivity index (χ1n) is 8.39. The lowest BCUT2D eigenvalue weighted by Gasteiger charge is -2.17. The van der Waals surface area contributed by atoms with E-state index < -0.39 is 0 Å². The van der Waals surface area contributed by atoms with Crippen molar-refractivity contribution in [3.63, 3.8) is 0 Å². The first-order valence-corrected chi connectivity index (χ1v) is 8.80. The lowest BCUT2D eigenvalue weighted by atomic mass is 9.97. The van der Waals surface area contributed by atoms with Gasteiger partial charge in [0.05, 0.1) is 0 Å². The van der Waals surface area contributed by atoms with E-state index in [1.807, 2.05) is 49.4 Å². The van der Waals surface area contributed by atoms with Crippen molar-refractivity contribution in [2.24, 2.45) is 0 Å². The van der Waals surface area contributed by atoms with Gasteiger partial charge in [0.25, 0.3) is 5.91 Å². The SMILES string of the molecule is CCC(C)c1ccccc1NC(=S)NC(=O)COc1ccccc1C. The molecule has 2 N–H and O–H groups in total. The molecule has 0 saturated carbocycles. The number of para-hydroxylation sites is 2. The topological polar surface area (TPSA) is 50.4 Å². The van der Waals surface area contributed by atoms with Crippen molar-refractivity contribution in [3.8, 4) is 5.75 Å². The van der Waals surface area contributed by atoms with Gasteiger partial charge in [0.15, 0.2) is 11.7 Å². The van der Waals surface area contributed by atoms with E-state index >= 15 is 0 Å². The first-order chi connectivity index (χ1) is 12.0. The Bertz CT molecular complexity index is 746. The van der Waals surface area contributed by atoms with E-state index in [0.29, 0.717) is 11.7 Å². The molecule has 4 nitrogen and oxygen atoms in total. The molecule has 1 atom stereocenters. The highest BCUT2D eigenvalue weighted by molar-refractivity contribution is 7.80. The van der Waals surface area contributed by atoms with Gasteiger partial charge in [0.1, 0.15) is 5.75 Å². The predicted molar refractivity (Wildman–Crippen MR) is 106 cm³/mol. The average Bonchev–Trinajstić information content (AvgIpc) is 2.60. The van der Waals surface area contributed by atoms with Gasteiger partial charge in [-0.3, -0.25) is 10.1 Å². The summed E-state index contributed by atoms with van der Waals surface area (Å²) in [4.78, 5) is 12.0. The molecule has 1 unspecified atom stereocenters. The fraction of sp³-hybridized carbons (Fsp3) is 0.300. The molecule has 0 fully saturated rings. The summed E-state index contributed by atoms with van der Waals surface area (Å²) in [5, 5.41) is 6.04. The summed E-state index contributed by atoms with van der Waals surface area (Å²) < 4.78 is 5.53. The van der Waals surface area contributed by atoms with E-state index in [4.69, 9.17) is 17.0 Å². The number of carbonyl (C=O) groups excluding carboxylic acids is 1. The Labute approximate surface area is 154 Å². The number of hydrogen-bond acceptors (Lipinski definition) is 3. The molecule has 0 spiro atoms. The van der Waals surface area contributed by atoms with Crippen LogP contribution in [-0.4, -0.2) is 17.6 Å². The number of nitrogens with one attached hydrogen (secondary N) is 2. The molecule has 5 heteroatoms. The van der Waals surface area contributed by atoms with Crippen LogP contribution in [0.2, 0.25) is 0 Å². The number of aryl methyl sites for hydroxylation is 1. The van der Waals surface area contributed by atoms with Gasteiger partial charge < -0.3 is 10.1 Å². The summed E-state index contributed by atoms with van der Waals surface area (Å²) in [6, 6.07) is 15.6. The predicted octanol–water partition coefficient (Wildman–Crippen LogP) is 4.40. The van der Waals surface area contributed by atoms with Gasteiger partial charge in [-0.15, -0.1) is 0 Å². The maximum absolute atomic E-state index is 12.0. The summed E-state index contributed by atoms with van der Waals surface area (Å²) in [5.41, 5.74) is 3.08. The molecular formula is C20H24N2O2S. The molecule has 0 saturated heterocycles. The molecule has 132 valence electrons. The normalized spacial score (nSPS) is 11.5. The Balaban J connectivity index is 1.90. The summed E-state index contributed by atoms with van der Waals surface area (Å²) in [5.74, 6) is 0.812. The Hall–Kier alpha value is -2.40. The summed E-state index contributed by atoms with van der Waals surface area (Å²) in [6.07, 6.45) is 1.03. The highest BCUT2D eigenvalue weighted by atomic mass is 32.1. The third kappa shape index (κ3) is 5.57. The summed E-state index contributed by atoms with van der Waals surface area (Å²) in [6.45, 7) is 6.16. The Kier molecular flexibility index (Phi) is 6.95. The first kappa shape index (κ1) is 18.9. The lowest BCUT2D eigenvalue weighted by Crippen LogP contribution is -2.37. The minimum atomic E-state index is -0.290. The summed E-state index contributed by atoms with van der Waals surface area (Å²) >= 11 is 5.25. The largest absolute Gasteiger partial charge is 0.483 e. The lowest BCUT2D eigenvalue weighted by molar-refractivity contribution is -0.121.